The highest BCUT2D eigenvalue weighted by Gasteiger charge is 2.27. The lowest BCUT2D eigenvalue weighted by Crippen LogP contribution is -2.32. The number of sulfone groups is 1. The van der Waals surface area contributed by atoms with E-state index in [4.69, 9.17) is 11.6 Å². The van der Waals surface area contributed by atoms with Crippen LogP contribution in [0.1, 0.15) is 16.8 Å². The van der Waals surface area contributed by atoms with Crippen LogP contribution < -0.4 is 9.80 Å². The van der Waals surface area contributed by atoms with Crippen LogP contribution in [-0.2, 0) is 9.84 Å². The number of carbonyl (C=O) groups is 1. The zero-order valence-electron chi connectivity index (χ0n) is 14.4. The summed E-state index contributed by atoms with van der Waals surface area (Å²) in [6.07, 6.45) is 1.75. The Kier molecular flexibility index (Phi) is 4.94. The second-order valence-electron chi connectivity index (χ2n) is 6.28. The van der Waals surface area contributed by atoms with Gasteiger partial charge < -0.3 is 9.80 Å². The molecule has 0 spiro atoms. The van der Waals surface area contributed by atoms with E-state index in [1.807, 2.05) is 11.9 Å². The number of nitrogens with zero attached hydrogens (tertiary/aromatic N) is 2. The average molecular weight is 397 g/mol. The molecule has 1 aliphatic heterocycles. The Balaban J connectivity index is 2.11. The Bertz CT molecular complexity index is 978. The molecule has 26 heavy (non-hydrogen) atoms. The van der Waals surface area contributed by atoms with Gasteiger partial charge in [-0.15, -0.1) is 0 Å². The third-order valence-electron chi connectivity index (χ3n) is 4.36. The van der Waals surface area contributed by atoms with E-state index in [1.165, 1.54) is 35.2 Å². The molecule has 0 aliphatic carbocycles. The first-order valence-corrected chi connectivity index (χ1v) is 10.3. The molecule has 0 fully saturated rings. The molecule has 0 unspecified atom stereocenters. The average Bonchev–Trinajstić information content (AvgIpc) is 2.72. The van der Waals surface area contributed by atoms with Gasteiger partial charge in [-0.05, 0) is 42.8 Å². The van der Waals surface area contributed by atoms with E-state index in [-0.39, 0.29) is 15.5 Å². The maximum Gasteiger partial charge on any atom is 0.259 e. The van der Waals surface area contributed by atoms with Crippen molar-refractivity contribution in [3.63, 3.8) is 0 Å². The van der Waals surface area contributed by atoms with E-state index >= 15 is 0 Å². The zero-order chi connectivity index (χ0) is 19.1. The lowest BCUT2D eigenvalue weighted by molar-refractivity contribution is 0.0987. The van der Waals surface area contributed by atoms with Crippen molar-refractivity contribution in [3.8, 4) is 0 Å². The van der Waals surface area contributed by atoms with Crippen molar-refractivity contribution in [2.45, 2.75) is 11.3 Å². The SMILES string of the molecule is CN1CCCN(C(=O)c2cc(S(C)(=O)=O)ccc2Cl)c2cc(F)ccc21. The van der Waals surface area contributed by atoms with E-state index in [0.29, 0.717) is 25.2 Å². The van der Waals surface area contributed by atoms with Gasteiger partial charge in [0.25, 0.3) is 5.91 Å². The fraction of sp³-hybridized carbons (Fsp3) is 0.278. The first kappa shape index (κ1) is 18.7. The van der Waals surface area contributed by atoms with Crippen molar-refractivity contribution < 1.29 is 17.6 Å². The topological polar surface area (TPSA) is 57.7 Å². The van der Waals surface area contributed by atoms with E-state index in [1.54, 1.807) is 6.07 Å². The second-order valence-corrected chi connectivity index (χ2v) is 8.70. The fourth-order valence-electron chi connectivity index (χ4n) is 3.00. The van der Waals surface area contributed by atoms with Gasteiger partial charge in [-0.3, -0.25) is 4.79 Å². The standard InChI is InChI=1S/C18H18ClFN2O3S/c1-21-8-3-9-22(17-10-12(20)4-7-16(17)21)18(23)14-11-13(26(2,24)25)5-6-15(14)19/h4-7,10-11H,3,8-9H2,1-2H3. The van der Waals surface area contributed by atoms with Gasteiger partial charge >= 0.3 is 0 Å². The van der Waals surface area contributed by atoms with Crippen LogP contribution in [0.15, 0.2) is 41.3 Å². The molecule has 5 nitrogen and oxygen atoms in total. The van der Waals surface area contributed by atoms with Crippen molar-refractivity contribution >= 4 is 38.7 Å². The largest absolute Gasteiger partial charge is 0.373 e. The van der Waals surface area contributed by atoms with Crippen molar-refractivity contribution in [2.75, 3.05) is 36.2 Å². The van der Waals surface area contributed by atoms with Gasteiger partial charge in [-0.1, -0.05) is 11.6 Å². The summed E-state index contributed by atoms with van der Waals surface area (Å²) in [5, 5.41) is 0.151. The molecule has 0 bridgehead atoms. The lowest BCUT2D eigenvalue weighted by Gasteiger charge is -2.25. The summed E-state index contributed by atoms with van der Waals surface area (Å²) in [6, 6.07) is 8.31. The van der Waals surface area contributed by atoms with Gasteiger partial charge in [-0.25, -0.2) is 12.8 Å². The van der Waals surface area contributed by atoms with Crippen molar-refractivity contribution in [1.29, 1.82) is 0 Å². The Hall–Kier alpha value is -2.12. The van der Waals surface area contributed by atoms with Crippen LogP contribution in [0.2, 0.25) is 5.02 Å². The minimum Gasteiger partial charge on any atom is -0.373 e. The number of carbonyl (C=O) groups excluding carboxylic acids is 1. The Morgan fingerprint density at radius 2 is 1.85 bits per heavy atom. The number of hydrogen-bond donors (Lipinski definition) is 0. The van der Waals surface area contributed by atoms with Crippen molar-refractivity contribution in [3.05, 3.63) is 52.8 Å². The Labute approximate surface area is 156 Å². The highest BCUT2D eigenvalue weighted by atomic mass is 35.5. The third-order valence-corrected chi connectivity index (χ3v) is 5.80. The van der Waals surface area contributed by atoms with Gasteiger partial charge in [0.15, 0.2) is 9.84 Å². The molecule has 0 saturated heterocycles. The number of hydrogen-bond acceptors (Lipinski definition) is 4. The molecule has 2 aromatic rings. The highest BCUT2D eigenvalue weighted by Crippen LogP contribution is 2.34. The van der Waals surface area contributed by atoms with Crippen LogP contribution in [0.4, 0.5) is 15.8 Å². The van der Waals surface area contributed by atoms with Gasteiger partial charge in [0.05, 0.1) is 26.9 Å². The molecular weight excluding hydrogens is 379 g/mol. The summed E-state index contributed by atoms with van der Waals surface area (Å²) in [7, 11) is -1.61. The summed E-state index contributed by atoms with van der Waals surface area (Å²) >= 11 is 6.16. The summed E-state index contributed by atoms with van der Waals surface area (Å²) in [6.45, 7) is 1.08. The smallest absolute Gasteiger partial charge is 0.259 e. The Morgan fingerprint density at radius 3 is 2.54 bits per heavy atom. The van der Waals surface area contributed by atoms with Gasteiger partial charge in [0.2, 0.25) is 0 Å². The number of rotatable bonds is 2. The fourth-order valence-corrected chi connectivity index (χ4v) is 3.84. The lowest BCUT2D eigenvalue weighted by atomic mass is 10.1. The Morgan fingerprint density at radius 1 is 1.12 bits per heavy atom. The molecular formula is C18H18ClFN2O3S. The van der Waals surface area contributed by atoms with E-state index in [0.717, 1.165) is 11.9 Å². The normalized spacial score (nSPS) is 14.8. The minimum absolute atomic E-state index is 0.0108. The summed E-state index contributed by atoms with van der Waals surface area (Å²) in [5.41, 5.74) is 1.25. The van der Waals surface area contributed by atoms with Crippen LogP contribution in [0.3, 0.4) is 0 Å². The van der Waals surface area contributed by atoms with E-state index < -0.39 is 21.6 Å². The number of amides is 1. The molecule has 0 atom stereocenters. The van der Waals surface area contributed by atoms with E-state index in [9.17, 15) is 17.6 Å². The van der Waals surface area contributed by atoms with Crippen LogP contribution in [0.5, 0.6) is 0 Å². The van der Waals surface area contributed by atoms with E-state index in [2.05, 4.69) is 0 Å². The molecule has 138 valence electrons. The maximum absolute atomic E-state index is 13.8. The molecule has 8 heteroatoms. The monoisotopic (exact) mass is 396 g/mol. The number of fused-ring (bicyclic) bond motifs is 1. The molecule has 1 aliphatic rings. The van der Waals surface area contributed by atoms with Gasteiger partial charge in [0, 0.05) is 26.4 Å². The summed E-state index contributed by atoms with van der Waals surface area (Å²) in [4.78, 5) is 16.6. The molecule has 0 saturated carbocycles. The molecule has 3 rings (SSSR count). The maximum atomic E-state index is 13.8. The van der Waals surface area contributed by atoms with Crippen LogP contribution in [-0.4, -0.2) is 40.7 Å². The first-order chi connectivity index (χ1) is 12.2. The quantitative estimate of drug-likeness (QED) is 0.781. The predicted octanol–water partition coefficient (Wildman–Crippen LogP) is 3.37. The molecule has 1 heterocycles. The summed E-state index contributed by atoms with van der Waals surface area (Å²) in [5.74, 6) is -0.907. The number of benzene rings is 2. The van der Waals surface area contributed by atoms with Crippen LogP contribution in [0, 0.1) is 5.82 Å². The van der Waals surface area contributed by atoms with Crippen molar-refractivity contribution in [2.24, 2.45) is 0 Å². The first-order valence-electron chi connectivity index (χ1n) is 8.00. The molecule has 1 amide bonds. The number of halogens is 2. The van der Waals surface area contributed by atoms with Gasteiger partial charge in [-0.2, -0.15) is 0 Å². The molecule has 2 aromatic carbocycles. The predicted molar refractivity (Wildman–Crippen MR) is 101 cm³/mol. The molecule has 0 N–H and O–H groups in total. The minimum atomic E-state index is -3.49. The third kappa shape index (κ3) is 3.54. The number of anilines is 2. The van der Waals surface area contributed by atoms with Crippen molar-refractivity contribution in [1.82, 2.24) is 0 Å². The van der Waals surface area contributed by atoms with Gasteiger partial charge in [0.1, 0.15) is 5.82 Å². The molecule has 0 radical (unpaired) electrons. The second kappa shape index (κ2) is 6.89. The summed E-state index contributed by atoms with van der Waals surface area (Å²) < 4.78 is 37.5. The van der Waals surface area contributed by atoms with Crippen LogP contribution >= 0.6 is 11.6 Å². The molecule has 0 aromatic heterocycles. The van der Waals surface area contributed by atoms with Crippen LogP contribution in [0.25, 0.3) is 0 Å². The zero-order valence-corrected chi connectivity index (χ0v) is 15.9. The highest BCUT2D eigenvalue weighted by molar-refractivity contribution is 7.90.